The zero-order valence-electron chi connectivity index (χ0n) is 20.0. The van der Waals surface area contributed by atoms with Crippen molar-refractivity contribution in [1.29, 1.82) is 0 Å². The van der Waals surface area contributed by atoms with Crippen LogP contribution in [0, 0.1) is 0 Å². The van der Waals surface area contributed by atoms with Crippen LogP contribution in [0.4, 0.5) is 11.4 Å². The summed E-state index contributed by atoms with van der Waals surface area (Å²) in [7, 11) is 2.92. The van der Waals surface area contributed by atoms with Crippen molar-refractivity contribution in [3.05, 3.63) is 87.4 Å². The minimum Gasteiger partial charge on any atom is -0.507 e. The van der Waals surface area contributed by atoms with Crippen molar-refractivity contribution >= 4 is 57.9 Å². The number of Topliss-reactive ketones (excluding diaryl/α,β-unsaturated/α-hetero) is 1. The smallest absolute Gasteiger partial charge is 0.300 e. The van der Waals surface area contributed by atoms with Crippen molar-refractivity contribution in [3.8, 4) is 11.5 Å². The summed E-state index contributed by atoms with van der Waals surface area (Å²) in [6.45, 7) is 1.36. The molecule has 0 spiro atoms. The number of ketones is 1. The van der Waals surface area contributed by atoms with Crippen molar-refractivity contribution in [3.63, 3.8) is 0 Å². The number of methoxy groups -OCH3 is 2. The van der Waals surface area contributed by atoms with Gasteiger partial charge in [0.2, 0.25) is 5.91 Å². The van der Waals surface area contributed by atoms with Crippen LogP contribution in [0.1, 0.15) is 24.1 Å². The molecule has 3 aromatic carbocycles. The molecule has 1 aliphatic heterocycles. The molecule has 1 unspecified atom stereocenters. The van der Waals surface area contributed by atoms with Crippen LogP contribution in [0.2, 0.25) is 10.0 Å². The summed E-state index contributed by atoms with van der Waals surface area (Å²) in [5.41, 5.74) is 1.31. The average Bonchev–Trinajstić information content (AvgIpc) is 3.13. The SMILES string of the molecule is COc1ccc(C2/C(=C(\O)c3cc(Cl)c(OC)c(Cl)c3)C(=O)C(=O)N2c2cccc(NC(C)=O)c2)cc1. The second-order valence-electron chi connectivity index (χ2n) is 8.15. The van der Waals surface area contributed by atoms with E-state index in [4.69, 9.17) is 32.7 Å². The summed E-state index contributed by atoms with van der Waals surface area (Å²) in [6, 6.07) is 15.1. The number of rotatable bonds is 6. The lowest BCUT2D eigenvalue weighted by molar-refractivity contribution is -0.132. The van der Waals surface area contributed by atoms with E-state index in [1.54, 1.807) is 48.5 Å². The van der Waals surface area contributed by atoms with Crippen molar-refractivity contribution in [2.24, 2.45) is 0 Å². The van der Waals surface area contributed by atoms with Gasteiger partial charge in [-0.2, -0.15) is 0 Å². The first-order chi connectivity index (χ1) is 17.7. The highest BCUT2D eigenvalue weighted by Crippen LogP contribution is 2.44. The van der Waals surface area contributed by atoms with Crippen molar-refractivity contribution in [2.45, 2.75) is 13.0 Å². The molecule has 4 rings (SSSR count). The number of carbonyl (C=O) groups excluding carboxylic acids is 3. The topological polar surface area (TPSA) is 105 Å². The minimum atomic E-state index is -1.00. The fraction of sp³-hybridized carbons (Fsp3) is 0.148. The number of nitrogens with zero attached hydrogens (tertiary/aromatic N) is 1. The van der Waals surface area contributed by atoms with E-state index in [2.05, 4.69) is 5.32 Å². The molecule has 190 valence electrons. The van der Waals surface area contributed by atoms with Crippen LogP contribution in [0.15, 0.2) is 66.2 Å². The van der Waals surface area contributed by atoms with E-state index >= 15 is 0 Å². The van der Waals surface area contributed by atoms with Crippen molar-refractivity contribution in [1.82, 2.24) is 0 Å². The Labute approximate surface area is 223 Å². The molecule has 0 aromatic heterocycles. The molecule has 1 heterocycles. The zero-order chi connectivity index (χ0) is 26.9. The van der Waals surface area contributed by atoms with E-state index in [9.17, 15) is 19.5 Å². The van der Waals surface area contributed by atoms with Crippen molar-refractivity contribution in [2.75, 3.05) is 24.4 Å². The molecule has 1 saturated heterocycles. The quantitative estimate of drug-likeness (QED) is 0.239. The molecular formula is C27H22Cl2N2O6. The van der Waals surface area contributed by atoms with Gasteiger partial charge in [0.1, 0.15) is 11.5 Å². The number of halogens is 2. The molecule has 0 saturated carbocycles. The second kappa shape index (κ2) is 10.5. The Hall–Kier alpha value is -4.01. The second-order valence-corrected chi connectivity index (χ2v) is 8.96. The van der Waals surface area contributed by atoms with E-state index in [1.807, 2.05) is 0 Å². The maximum Gasteiger partial charge on any atom is 0.300 e. The predicted molar refractivity (Wildman–Crippen MR) is 142 cm³/mol. The lowest BCUT2D eigenvalue weighted by Gasteiger charge is -2.26. The standard InChI is InChI=1S/C27H22Cl2N2O6/c1-14(32)30-17-5-4-6-18(13-17)31-23(15-7-9-19(36-2)10-8-15)22(25(34)27(31)35)24(33)16-11-20(28)26(37-3)21(29)12-16/h4-13,23,33H,1-3H3,(H,30,32)/b24-22+. The van der Waals surface area contributed by atoms with Gasteiger partial charge in [-0.25, -0.2) is 0 Å². The number of aliphatic hydroxyl groups excluding tert-OH is 1. The minimum absolute atomic E-state index is 0.120. The molecular weight excluding hydrogens is 519 g/mol. The van der Waals surface area contributed by atoms with E-state index in [-0.39, 0.29) is 32.8 Å². The predicted octanol–water partition coefficient (Wildman–Crippen LogP) is 5.60. The highest BCUT2D eigenvalue weighted by atomic mass is 35.5. The zero-order valence-corrected chi connectivity index (χ0v) is 21.6. The van der Waals surface area contributed by atoms with Gasteiger partial charge in [0.05, 0.1) is 35.9 Å². The third-order valence-electron chi connectivity index (χ3n) is 5.80. The van der Waals surface area contributed by atoms with Crippen LogP contribution in [0.25, 0.3) is 5.76 Å². The Morgan fingerprint density at radius 2 is 1.62 bits per heavy atom. The Bertz CT molecular complexity index is 1410. The summed E-state index contributed by atoms with van der Waals surface area (Å²) < 4.78 is 10.4. The van der Waals surface area contributed by atoms with E-state index in [0.29, 0.717) is 22.7 Å². The number of nitrogens with one attached hydrogen (secondary N) is 1. The van der Waals surface area contributed by atoms with Gasteiger partial charge in [-0.15, -0.1) is 0 Å². The molecule has 1 atom stereocenters. The highest BCUT2D eigenvalue weighted by Gasteiger charge is 2.47. The fourth-order valence-corrected chi connectivity index (χ4v) is 4.83. The Morgan fingerprint density at radius 3 is 2.19 bits per heavy atom. The third kappa shape index (κ3) is 4.98. The van der Waals surface area contributed by atoms with Crippen LogP contribution >= 0.6 is 23.2 Å². The van der Waals surface area contributed by atoms with Crippen LogP contribution in [-0.2, 0) is 14.4 Å². The summed E-state index contributed by atoms with van der Waals surface area (Å²) in [4.78, 5) is 39.6. The van der Waals surface area contributed by atoms with E-state index in [1.165, 1.54) is 38.2 Å². The molecule has 0 radical (unpaired) electrons. The van der Waals surface area contributed by atoms with Crippen LogP contribution in [0.3, 0.4) is 0 Å². The van der Waals surface area contributed by atoms with Crippen LogP contribution in [-0.4, -0.2) is 36.9 Å². The number of benzene rings is 3. The molecule has 0 aliphatic carbocycles. The maximum absolute atomic E-state index is 13.4. The van der Waals surface area contributed by atoms with Gasteiger partial charge in [-0.05, 0) is 48.0 Å². The number of hydrogen-bond donors (Lipinski definition) is 2. The lowest BCUT2D eigenvalue weighted by Crippen LogP contribution is -2.29. The molecule has 2 N–H and O–H groups in total. The lowest BCUT2D eigenvalue weighted by atomic mass is 9.95. The van der Waals surface area contributed by atoms with Gasteiger partial charge >= 0.3 is 0 Å². The van der Waals surface area contributed by atoms with Crippen LogP contribution < -0.4 is 19.7 Å². The number of aliphatic hydroxyl groups is 1. The number of carbonyl (C=O) groups is 3. The third-order valence-corrected chi connectivity index (χ3v) is 6.36. The first-order valence-electron chi connectivity index (χ1n) is 11.0. The van der Waals surface area contributed by atoms with E-state index in [0.717, 1.165) is 0 Å². The van der Waals surface area contributed by atoms with Crippen LogP contribution in [0.5, 0.6) is 11.5 Å². The van der Waals surface area contributed by atoms with Gasteiger partial charge in [0.25, 0.3) is 11.7 Å². The maximum atomic E-state index is 13.4. The van der Waals surface area contributed by atoms with E-state index < -0.39 is 23.5 Å². The number of hydrogen-bond acceptors (Lipinski definition) is 6. The number of amides is 2. The highest BCUT2D eigenvalue weighted by molar-refractivity contribution is 6.52. The van der Waals surface area contributed by atoms with Gasteiger partial charge in [-0.3, -0.25) is 19.3 Å². The summed E-state index contributed by atoms with van der Waals surface area (Å²) >= 11 is 12.5. The normalized spacial score (nSPS) is 16.6. The number of ether oxygens (including phenoxy) is 2. The molecule has 37 heavy (non-hydrogen) atoms. The summed E-state index contributed by atoms with van der Waals surface area (Å²) in [5, 5.41) is 14.2. The molecule has 1 aliphatic rings. The molecule has 1 fully saturated rings. The molecule has 2 amide bonds. The molecule has 8 nitrogen and oxygen atoms in total. The van der Waals surface area contributed by atoms with Crippen molar-refractivity contribution < 1.29 is 29.0 Å². The average molecular weight is 541 g/mol. The fourth-order valence-electron chi connectivity index (χ4n) is 4.18. The van der Waals surface area contributed by atoms with Gasteiger partial charge in [0, 0.05) is 23.9 Å². The molecule has 0 bridgehead atoms. The number of anilines is 2. The Morgan fingerprint density at radius 1 is 0.973 bits per heavy atom. The molecule has 3 aromatic rings. The Kier molecular flexibility index (Phi) is 7.42. The van der Waals surface area contributed by atoms with Gasteiger partial charge in [-0.1, -0.05) is 41.4 Å². The molecule has 10 heteroatoms. The summed E-state index contributed by atoms with van der Waals surface area (Å²) in [6.07, 6.45) is 0. The largest absolute Gasteiger partial charge is 0.507 e. The summed E-state index contributed by atoms with van der Waals surface area (Å²) in [5.74, 6) is -1.71. The Balaban J connectivity index is 1.93. The first kappa shape index (κ1) is 26.1. The monoisotopic (exact) mass is 540 g/mol. The van der Waals surface area contributed by atoms with Gasteiger partial charge in [0.15, 0.2) is 5.75 Å². The van der Waals surface area contributed by atoms with Gasteiger partial charge < -0.3 is 19.9 Å². The first-order valence-corrected chi connectivity index (χ1v) is 11.8.